The van der Waals surface area contributed by atoms with Crippen molar-refractivity contribution in [3.05, 3.63) is 72.8 Å². The van der Waals surface area contributed by atoms with Gasteiger partial charge in [0.2, 0.25) is 0 Å². The molecule has 0 aliphatic rings. The topological polar surface area (TPSA) is 91.5 Å². The average Bonchev–Trinajstić information content (AvgIpc) is 2.71. The smallest absolute Gasteiger partial charge is 0.337 e. The van der Waals surface area contributed by atoms with Crippen molar-refractivity contribution in [2.45, 2.75) is 0 Å². The Balaban J connectivity index is 1.40. The van der Waals surface area contributed by atoms with E-state index in [-0.39, 0.29) is 11.7 Å². The Hall–Kier alpha value is -3.65. The number of fused-ring (bicyclic) bond motifs is 1. The maximum atomic E-state index is 11.9. The monoisotopic (exact) mass is 394 g/mol. The molecule has 142 valence electrons. The molecular weight excluding hydrogens is 376 g/mol. The molecule has 0 heterocycles. The summed E-state index contributed by atoms with van der Waals surface area (Å²) in [5.74, 6) is 0.129. The molecular formula is C20H18N4O3S. The van der Waals surface area contributed by atoms with Crippen LogP contribution in [0.15, 0.2) is 72.8 Å². The first-order valence-corrected chi connectivity index (χ1v) is 8.84. The van der Waals surface area contributed by atoms with Gasteiger partial charge in [-0.1, -0.05) is 48.5 Å². The molecule has 0 aromatic heterocycles. The minimum atomic E-state index is -0.518. The summed E-state index contributed by atoms with van der Waals surface area (Å²) in [6, 6.07) is 21.8. The molecule has 0 bridgehead atoms. The minimum Gasteiger partial charge on any atom is -0.484 e. The van der Waals surface area contributed by atoms with E-state index < -0.39 is 11.9 Å². The van der Waals surface area contributed by atoms with Crippen LogP contribution < -0.4 is 26.2 Å². The lowest BCUT2D eigenvalue weighted by Gasteiger charge is -2.12. The quantitative estimate of drug-likeness (QED) is 0.403. The summed E-state index contributed by atoms with van der Waals surface area (Å²) in [7, 11) is 0. The normalized spacial score (nSPS) is 10.0. The van der Waals surface area contributed by atoms with Crippen LogP contribution in [0.4, 0.5) is 10.5 Å². The Morgan fingerprint density at radius 1 is 0.857 bits per heavy atom. The molecule has 28 heavy (non-hydrogen) atoms. The third-order valence-corrected chi connectivity index (χ3v) is 3.87. The summed E-state index contributed by atoms with van der Waals surface area (Å²) < 4.78 is 5.48. The Labute approximate surface area is 167 Å². The lowest BCUT2D eigenvalue weighted by atomic mass is 10.1. The molecule has 0 atom stereocenters. The Morgan fingerprint density at radius 2 is 1.57 bits per heavy atom. The summed E-state index contributed by atoms with van der Waals surface area (Å²) in [4.78, 5) is 23.7. The van der Waals surface area contributed by atoms with Crippen LogP contribution in [0.3, 0.4) is 0 Å². The van der Waals surface area contributed by atoms with Gasteiger partial charge in [-0.2, -0.15) is 0 Å². The van der Waals surface area contributed by atoms with Gasteiger partial charge in [0.1, 0.15) is 5.75 Å². The number of carbonyl (C=O) groups is 2. The molecule has 3 amide bonds. The van der Waals surface area contributed by atoms with E-state index in [1.807, 2.05) is 42.5 Å². The highest BCUT2D eigenvalue weighted by atomic mass is 32.1. The zero-order valence-corrected chi connectivity index (χ0v) is 15.6. The van der Waals surface area contributed by atoms with Crippen LogP contribution in [0.2, 0.25) is 0 Å². The van der Waals surface area contributed by atoms with Crippen molar-refractivity contribution >= 4 is 45.7 Å². The van der Waals surface area contributed by atoms with Crippen molar-refractivity contribution in [1.29, 1.82) is 0 Å². The third-order valence-electron chi connectivity index (χ3n) is 3.67. The first-order chi connectivity index (χ1) is 13.6. The number of benzene rings is 3. The number of thiocarbonyl (C=S) groups is 1. The van der Waals surface area contributed by atoms with Crippen molar-refractivity contribution in [1.82, 2.24) is 16.2 Å². The van der Waals surface area contributed by atoms with Crippen LogP contribution in [0.5, 0.6) is 5.75 Å². The van der Waals surface area contributed by atoms with Gasteiger partial charge >= 0.3 is 6.03 Å². The standard InChI is InChI=1S/C20H18N4O3S/c25-18(13-27-17-11-10-14-6-4-5-7-15(14)12-17)22-20(28)24-23-19(26)21-16-8-2-1-3-9-16/h1-12H,13H2,(H2,21,23,26)(H2,22,24,25,28). The van der Waals surface area contributed by atoms with E-state index in [1.165, 1.54) is 0 Å². The van der Waals surface area contributed by atoms with E-state index in [0.29, 0.717) is 11.4 Å². The second-order valence-corrected chi connectivity index (χ2v) is 6.15. The molecule has 3 aromatic carbocycles. The first-order valence-electron chi connectivity index (χ1n) is 8.43. The Kier molecular flexibility index (Phi) is 6.37. The molecule has 7 nitrogen and oxygen atoms in total. The number of para-hydroxylation sites is 1. The number of amides is 3. The van der Waals surface area contributed by atoms with E-state index in [9.17, 15) is 9.59 Å². The molecule has 0 unspecified atom stereocenters. The second kappa shape index (κ2) is 9.33. The summed E-state index contributed by atoms with van der Waals surface area (Å²) in [6.45, 7) is -0.212. The van der Waals surface area contributed by atoms with Gasteiger partial charge in [0.15, 0.2) is 11.7 Å². The maximum Gasteiger partial charge on any atom is 0.337 e. The number of hydrogen-bond donors (Lipinski definition) is 4. The van der Waals surface area contributed by atoms with Gasteiger partial charge in [0.05, 0.1) is 0 Å². The number of rotatable bonds is 4. The van der Waals surface area contributed by atoms with Crippen LogP contribution in [0, 0.1) is 0 Å². The van der Waals surface area contributed by atoms with Gasteiger partial charge in [0.25, 0.3) is 5.91 Å². The van der Waals surface area contributed by atoms with Crippen molar-refractivity contribution < 1.29 is 14.3 Å². The van der Waals surface area contributed by atoms with E-state index in [4.69, 9.17) is 17.0 Å². The van der Waals surface area contributed by atoms with Crippen LogP contribution in [0.1, 0.15) is 0 Å². The van der Waals surface area contributed by atoms with Gasteiger partial charge in [-0.25, -0.2) is 10.2 Å². The fourth-order valence-corrected chi connectivity index (χ4v) is 2.56. The number of carbonyl (C=O) groups excluding carboxylic acids is 2. The Bertz CT molecular complexity index is 995. The van der Waals surface area contributed by atoms with Crippen molar-refractivity contribution in [2.75, 3.05) is 11.9 Å². The minimum absolute atomic E-state index is 0.0460. The fraction of sp³-hybridized carbons (Fsp3) is 0.0500. The van der Waals surface area contributed by atoms with E-state index in [1.54, 1.807) is 30.3 Å². The van der Waals surface area contributed by atoms with Crippen molar-refractivity contribution in [3.63, 3.8) is 0 Å². The number of hydrogen-bond acceptors (Lipinski definition) is 4. The summed E-state index contributed by atoms with van der Waals surface area (Å²) in [6.07, 6.45) is 0. The van der Waals surface area contributed by atoms with Crippen molar-refractivity contribution in [2.24, 2.45) is 0 Å². The first kappa shape index (κ1) is 19.1. The largest absolute Gasteiger partial charge is 0.484 e. The van der Waals surface area contributed by atoms with E-state index in [0.717, 1.165) is 10.8 Å². The molecule has 0 aliphatic heterocycles. The van der Waals surface area contributed by atoms with Gasteiger partial charge in [-0.05, 0) is 47.3 Å². The molecule has 0 saturated heterocycles. The maximum absolute atomic E-state index is 11.9. The second-order valence-electron chi connectivity index (χ2n) is 5.75. The van der Waals surface area contributed by atoms with Crippen molar-refractivity contribution in [3.8, 4) is 5.75 Å². The predicted molar refractivity (Wildman–Crippen MR) is 112 cm³/mol. The molecule has 3 aromatic rings. The third kappa shape index (κ3) is 5.68. The number of anilines is 1. The molecule has 0 fully saturated rings. The zero-order valence-electron chi connectivity index (χ0n) is 14.8. The average molecular weight is 394 g/mol. The fourth-order valence-electron chi connectivity index (χ4n) is 2.40. The van der Waals surface area contributed by atoms with Gasteiger partial charge in [-0.15, -0.1) is 0 Å². The van der Waals surface area contributed by atoms with Crippen LogP contribution in [-0.2, 0) is 4.79 Å². The summed E-state index contributed by atoms with van der Waals surface area (Å²) in [5, 5.41) is 7.08. The summed E-state index contributed by atoms with van der Waals surface area (Å²) in [5.41, 5.74) is 5.40. The van der Waals surface area contributed by atoms with Crippen LogP contribution >= 0.6 is 12.2 Å². The number of ether oxygens (including phenoxy) is 1. The SMILES string of the molecule is O=C(COc1ccc2ccccc2c1)NC(=S)NNC(=O)Nc1ccccc1. The Morgan fingerprint density at radius 3 is 2.36 bits per heavy atom. The van der Waals surface area contributed by atoms with E-state index in [2.05, 4.69) is 21.5 Å². The van der Waals surface area contributed by atoms with Crippen LogP contribution in [0.25, 0.3) is 10.8 Å². The lowest BCUT2D eigenvalue weighted by molar-refractivity contribution is -0.121. The number of hydrazine groups is 1. The van der Waals surface area contributed by atoms with Gasteiger partial charge in [-0.3, -0.25) is 15.5 Å². The number of nitrogens with one attached hydrogen (secondary N) is 4. The lowest BCUT2D eigenvalue weighted by Crippen LogP contribution is -2.50. The summed E-state index contributed by atoms with van der Waals surface area (Å²) >= 11 is 4.97. The molecule has 8 heteroatoms. The molecule has 3 rings (SSSR count). The highest BCUT2D eigenvalue weighted by molar-refractivity contribution is 7.80. The molecule has 0 saturated carbocycles. The number of urea groups is 1. The molecule has 0 spiro atoms. The zero-order chi connectivity index (χ0) is 19.8. The van der Waals surface area contributed by atoms with E-state index >= 15 is 0 Å². The van der Waals surface area contributed by atoms with Crippen LogP contribution in [-0.4, -0.2) is 23.7 Å². The molecule has 0 radical (unpaired) electrons. The predicted octanol–water partition coefficient (Wildman–Crippen LogP) is 2.95. The highest BCUT2D eigenvalue weighted by Gasteiger charge is 2.07. The molecule has 0 aliphatic carbocycles. The molecule has 4 N–H and O–H groups in total. The van der Waals surface area contributed by atoms with Gasteiger partial charge in [0, 0.05) is 5.69 Å². The highest BCUT2D eigenvalue weighted by Crippen LogP contribution is 2.20. The van der Waals surface area contributed by atoms with Gasteiger partial charge < -0.3 is 10.1 Å².